The number of aliphatic imine (C=N–C) groups is 1. The molecule has 0 fully saturated rings. The molecular formula is C20H27NO3. The van der Waals surface area contributed by atoms with Gasteiger partial charge in [-0.2, -0.15) is 0 Å². The third-order valence-electron chi connectivity index (χ3n) is 3.60. The van der Waals surface area contributed by atoms with E-state index in [2.05, 4.69) is 18.0 Å². The minimum atomic E-state index is -0.636. The summed E-state index contributed by atoms with van der Waals surface area (Å²) in [6.45, 7) is 8.02. The van der Waals surface area contributed by atoms with E-state index in [-0.39, 0.29) is 0 Å². The van der Waals surface area contributed by atoms with Gasteiger partial charge in [-0.1, -0.05) is 13.0 Å². The van der Waals surface area contributed by atoms with E-state index in [9.17, 15) is 0 Å². The highest BCUT2D eigenvalue weighted by molar-refractivity contribution is 5.80. The van der Waals surface area contributed by atoms with Crippen LogP contribution in [-0.4, -0.2) is 31.8 Å². The van der Waals surface area contributed by atoms with E-state index in [0.29, 0.717) is 26.2 Å². The molecule has 1 aliphatic rings. The lowest BCUT2D eigenvalue weighted by Crippen LogP contribution is -2.35. The SMILES string of the molecule is CCCOC1(OCC)C=CC(N=Cc2ccc(OCC)cc2)=CC1. The maximum absolute atomic E-state index is 5.89. The predicted molar refractivity (Wildman–Crippen MR) is 97.6 cm³/mol. The number of benzene rings is 1. The molecule has 0 saturated heterocycles. The highest BCUT2D eigenvalue weighted by Gasteiger charge is 2.29. The van der Waals surface area contributed by atoms with E-state index in [1.54, 1.807) is 0 Å². The number of allylic oxidation sites excluding steroid dienone is 1. The second-order valence-corrected chi connectivity index (χ2v) is 5.52. The van der Waals surface area contributed by atoms with E-state index in [0.717, 1.165) is 23.4 Å². The molecule has 0 heterocycles. The molecule has 24 heavy (non-hydrogen) atoms. The molecule has 1 aromatic rings. The van der Waals surface area contributed by atoms with Crippen molar-refractivity contribution in [3.63, 3.8) is 0 Å². The molecule has 0 N–H and O–H groups in total. The first-order chi connectivity index (χ1) is 11.7. The van der Waals surface area contributed by atoms with E-state index in [4.69, 9.17) is 14.2 Å². The smallest absolute Gasteiger partial charge is 0.191 e. The molecule has 0 bridgehead atoms. The molecule has 0 amide bonds. The van der Waals surface area contributed by atoms with Gasteiger partial charge in [0.1, 0.15) is 5.75 Å². The van der Waals surface area contributed by atoms with Crippen molar-refractivity contribution in [2.75, 3.05) is 19.8 Å². The van der Waals surface area contributed by atoms with Gasteiger partial charge in [0.25, 0.3) is 0 Å². The van der Waals surface area contributed by atoms with Crippen LogP contribution in [0.5, 0.6) is 5.75 Å². The first kappa shape index (κ1) is 18.4. The van der Waals surface area contributed by atoms with Gasteiger partial charge in [-0.25, -0.2) is 0 Å². The Labute approximate surface area is 144 Å². The summed E-state index contributed by atoms with van der Waals surface area (Å²) in [7, 11) is 0. The zero-order chi connectivity index (χ0) is 17.3. The van der Waals surface area contributed by atoms with Gasteiger partial charge in [0, 0.05) is 19.2 Å². The highest BCUT2D eigenvalue weighted by Crippen LogP contribution is 2.27. The first-order valence-corrected chi connectivity index (χ1v) is 8.65. The summed E-state index contributed by atoms with van der Waals surface area (Å²) in [5.41, 5.74) is 1.95. The van der Waals surface area contributed by atoms with Gasteiger partial charge in [0.15, 0.2) is 5.79 Å². The molecule has 4 nitrogen and oxygen atoms in total. The number of hydrogen-bond donors (Lipinski definition) is 0. The van der Waals surface area contributed by atoms with Crippen LogP contribution in [0.1, 0.15) is 39.2 Å². The first-order valence-electron chi connectivity index (χ1n) is 8.65. The number of rotatable bonds is 9. The Hall–Kier alpha value is -1.91. The largest absolute Gasteiger partial charge is 0.494 e. The van der Waals surface area contributed by atoms with Gasteiger partial charge in [-0.3, -0.25) is 4.99 Å². The zero-order valence-corrected chi connectivity index (χ0v) is 14.8. The third kappa shape index (κ3) is 5.32. The van der Waals surface area contributed by atoms with Crippen molar-refractivity contribution in [3.05, 3.63) is 53.8 Å². The van der Waals surface area contributed by atoms with Crippen LogP contribution in [0.15, 0.2) is 53.2 Å². The van der Waals surface area contributed by atoms with Crippen molar-refractivity contribution in [3.8, 4) is 5.75 Å². The molecule has 0 aromatic heterocycles. The van der Waals surface area contributed by atoms with Crippen LogP contribution in [0.4, 0.5) is 0 Å². The molecule has 1 unspecified atom stereocenters. The van der Waals surface area contributed by atoms with E-state index in [1.807, 2.05) is 56.5 Å². The minimum absolute atomic E-state index is 0.618. The molecule has 1 atom stereocenters. The molecule has 2 rings (SSSR count). The van der Waals surface area contributed by atoms with Crippen molar-refractivity contribution >= 4 is 6.21 Å². The lowest BCUT2D eigenvalue weighted by Gasteiger charge is -2.31. The fraction of sp³-hybridized carbons (Fsp3) is 0.450. The van der Waals surface area contributed by atoms with Crippen LogP contribution in [0.2, 0.25) is 0 Å². The van der Waals surface area contributed by atoms with E-state index < -0.39 is 5.79 Å². The molecule has 0 spiro atoms. The molecule has 0 saturated carbocycles. The second kappa shape index (κ2) is 9.40. The van der Waals surface area contributed by atoms with Crippen LogP contribution < -0.4 is 4.74 Å². The Balaban J connectivity index is 1.97. The average molecular weight is 329 g/mol. The topological polar surface area (TPSA) is 40.0 Å². The molecule has 1 aliphatic carbocycles. The Kier molecular flexibility index (Phi) is 7.22. The van der Waals surface area contributed by atoms with Crippen LogP contribution in [0.25, 0.3) is 0 Å². The van der Waals surface area contributed by atoms with Gasteiger partial charge < -0.3 is 14.2 Å². The van der Waals surface area contributed by atoms with E-state index >= 15 is 0 Å². The fourth-order valence-electron chi connectivity index (χ4n) is 2.43. The van der Waals surface area contributed by atoms with Gasteiger partial charge >= 0.3 is 0 Å². The third-order valence-corrected chi connectivity index (χ3v) is 3.60. The van der Waals surface area contributed by atoms with Crippen molar-refractivity contribution in [1.29, 1.82) is 0 Å². The minimum Gasteiger partial charge on any atom is -0.494 e. The summed E-state index contributed by atoms with van der Waals surface area (Å²) in [6.07, 6.45) is 9.47. The van der Waals surface area contributed by atoms with Gasteiger partial charge in [-0.15, -0.1) is 0 Å². The summed E-state index contributed by atoms with van der Waals surface area (Å²) in [4.78, 5) is 4.53. The van der Waals surface area contributed by atoms with Crippen molar-refractivity contribution in [2.45, 2.75) is 39.4 Å². The number of hydrogen-bond acceptors (Lipinski definition) is 4. The molecular weight excluding hydrogens is 302 g/mol. The average Bonchev–Trinajstić information content (AvgIpc) is 2.61. The summed E-state index contributed by atoms with van der Waals surface area (Å²) in [5, 5.41) is 0. The van der Waals surface area contributed by atoms with Crippen molar-refractivity contribution < 1.29 is 14.2 Å². The Morgan fingerprint density at radius 2 is 1.88 bits per heavy atom. The molecule has 130 valence electrons. The lowest BCUT2D eigenvalue weighted by molar-refractivity contribution is -0.200. The predicted octanol–water partition coefficient (Wildman–Crippen LogP) is 4.51. The lowest BCUT2D eigenvalue weighted by atomic mass is 10.1. The van der Waals surface area contributed by atoms with Crippen molar-refractivity contribution in [1.82, 2.24) is 0 Å². The summed E-state index contributed by atoms with van der Waals surface area (Å²) >= 11 is 0. The maximum Gasteiger partial charge on any atom is 0.191 e. The maximum atomic E-state index is 5.89. The van der Waals surface area contributed by atoms with E-state index in [1.165, 1.54) is 0 Å². The Morgan fingerprint density at radius 3 is 2.46 bits per heavy atom. The Morgan fingerprint density at radius 1 is 1.08 bits per heavy atom. The van der Waals surface area contributed by atoms with Crippen LogP contribution in [0.3, 0.4) is 0 Å². The number of nitrogens with zero attached hydrogens (tertiary/aromatic N) is 1. The second-order valence-electron chi connectivity index (χ2n) is 5.52. The molecule has 1 aromatic carbocycles. The highest BCUT2D eigenvalue weighted by atomic mass is 16.7. The fourth-order valence-corrected chi connectivity index (χ4v) is 2.43. The van der Waals surface area contributed by atoms with Gasteiger partial charge in [-0.05, 0) is 62.2 Å². The Bertz CT molecular complexity index is 589. The van der Waals surface area contributed by atoms with Gasteiger partial charge in [0.2, 0.25) is 0 Å². The monoisotopic (exact) mass is 329 g/mol. The van der Waals surface area contributed by atoms with Crippen molar-refractivity contribution in [2.24, 2.45) is 4.99 Å². The molecule has 0 radical (unpaired) electrons. The molecule has 0 aliphatic heterocycles. The quantitative estimate of drug-likeness (QED) is 0.494. The van der Waals surface area contributed by atoms with Gasteiger partial charge in [0.05, 0.1) is 18.9 Å². The van der Waals surface area contributed by atoms with Crippen LogP contribution >= 0.6 is 0 Å². The summed E-state index contributed by atoms with van der Waals surface area (Å²) < 4.78 is 17.1. The molecule has 4 heteroatoms. The normalized spacial score (nSPS) is 20.4. The van der Waals surface area contributed by atoms with Crippen LogP contribution in [-0.2, 0) is 9.47 Å². The number of ether oxygens (including phenoxy) is 3. The van der Waals surface area contributed by atoms with Crippen LogP contribution in [0, 0.1) is 0 Å². The zero-order valence-electron chi connectivity index (χ0n) is 14.8. The summed E-state index contributed by atoms with van der Waals surface area (Å²) in [5.74, 6) is 0.240. The summed E-state index contributed by atoms with van der Waals surface area (Å²) in [6, 6.07) is 7.90. The standard InChI is InChI=1S/C20H27NO3/c1-4-15-24-20(23-6-3)13-11-18(12-14-20)21-16-17-7-9-19(10-8-17)22-5-2/h7-13,16H,4-6,14-15H2,1-3H3.